The van der Waals surface area contributed by atoms with Crippen molar-refractivity contribution in [2.75, 3.05) is 6.54 Å². The van der Waals surface area contributed by atoms with Gasteiger partial charge in [-0.1, -0.05) is 0 Å². The first-order valence-electron chi connectivity index (χ1n) is 2.28. The Morgan fingerprint density at radius 3 is 3.12 bits per heavy atom. The van der Waals surface area contributed by atoms with E-state index in [0.29, 0.717) is 12.3 Å². The molecule has 0 bridgehead atoms. The monoisotopic (exact) mass is 107 g/mol. The Balaban J connectivity index is 2.67. The summed E-state index contributed by atoms with van der Waals surface area (Å²) in [7, 11) is 0. The lowest BCUT2D eigenvalue weighted by atomic mass is 10.4. The fourth-order valence-electron chi connectivity index (χ4n) is 0.450. The van der Waals surface area contributed by atoms with Crippen molar-refractivity contribution in [3.8, 4) is 6.07 Å². The Kier molecular flexibility index (Phi) is 1.29. The van der Waals surface area contributed by atoms with Gasteiger partial charge in [0.2, 0.25) is 0 Å². The van der Waals surface area contributed by atoms with E-state index in [-0.39, 0.29) is 0 Å². The molecule has 3 heteroatoms. The Morgan fingerprint density at radius 2 is 2.75 bits per heavy atom. The maximum Gasteiger partial charge on any atom is 0.136 e. The maximum atomic E-state index is 8.24. The molecule has 1 aliphatic heterocycles. The Hall–Kier alpha value is -1.30. The van der Waals surface area contributed by atoms with Crippen LogP contribution >= 0.6 is 0 Å². The molecule has 40 valence electrons. The minimum atomic E-state index is 0.535. The summed E-state index contributed by atoms with van der Waals surface area (Å²) < 4.78 is 0. The van der Waals surface area contributed by atoms with Crippen molar-refractivity contribution < 1.29 is 0 Å². The molecule has 0 saturated carbocycles. The van der Waals surface area contributed by atoms with Crippen LogP contribution in [0.1, 0.15) is 0 Å². The largest absolute Gasteiger partial charge is 0.383 e. The summed E-state index contributed by atoms with van der Waals surface area (Å²) in [5, 5.41) is 11.1. The number of nitrogens with zero attached hydrogens (tertiary/aromatic N) is 2. The van der Waals surface area contributed by atoms with Gasteiger partial charge in [0.1, 0.15) is 11.8 Å². The van der Waals surface area contributed by atoms with Gasteiger partial charge >= 0.3 is 0 Å². The van der Waals surface area contributed by atoms with Crippen LogP contribution in [0, 0.1) is 11.3 Å². The van der Waals surface area contributed by atoms with E-state index in [4.69, 9.17) is 5.26 Å². The average Bonchev–Trinajstić information content (AvgIpc) is 1.90. The number of hydrogen-bond acceptors (Lipinski definition) is 3. The highest BCUT2D eigenvalue weighted by Gasteiger charge is 1.94. The van der Waals surface area contributed by atoms with Crippen LogP contribution in [0.3, 0.4) is 0 Å². The zero-order valence-corrected chi connectivity index (χ0v) is 4.26. The van der Waals surface area contributed by atoms with Crippen LogP contribution in [-0.2, 0) is 0 Å². The molecule has 0 aromatic carbocycles. The van der Waals surface area contributed by atoms with Crippen molar-refractivity contribution in [3.63, 3.8) is 0 Å². The van der Waals surface area contributed by atoms with Crippen LogP contribution < -0.4 is 5.32 Å². The Labute approximate surface area is 47.3 Å². The number of nitrogens with one attached hydrogen (secondary N) is 1. The number of hydrogen-bond donors (Lipinski definition) is 1. The molecule has 0 saturated heterocycles. The number of nitriles is 1. The fourth-order valence-corrected chi connectivity index (χ4v) is 0.450. The summed E-state index contributed by atoms with van der Waals surface area (Å²) in [5.74, 6) is 0. The predicted molar refractivity (Wildman–Crippen MR) is 30.2 cm³/mol. The molecule has 0 fully saturated rings. The molecule has 0 aliphatic carbocycles. The topological polar surface area (TPSA) is 48.2 Å². The normalized spacial score (nSPS) is 16.1. The van der Waals surface area contributed by atoms with Crippen LogP contribution in [0.5, 0.6) is 0 Å². The van der Waals surface area contributed by atoms with Crippen molar-refractivity contribution in [1.29, 1.82) is 5.26 Å². The van der Waals surface area contributed by atoms with E-state index in [1.165, 1.54) is 0 Å². The third-order valence-corrected chi connectivity index (χ3v) is 0.821. The van der Waals surface area contributed by atoms with Crippen molar-refractivity contribution in [1.82, 2.24) is 5.32 Å². The molecule has 1 rings (SSSR count). The van der Waals surface area contributed by atoms with Crippen molar-refractivity contribution in [3.05, 3.63) is 12.4 Å². The van der Waals surface area contributed by atoms with Crippen molar-refractivity contribution in [2.45, 2.75) is 0 Å². The molecular weight excluding hydrogens is 102 g/mol. The molecule has 1 N–H and O–H groups in total. The molecule has 0 atom stereocenters. The molecule has 0 spiro atoms. The maximum absolute atomic E-state index is 8.24. The lowest BCUT2D eigenvalue weighted by molar-refractivity contribution is 0.993. The van der Waals surface area contributed by atoms with Crippen LogP contribution in [-0.4, -0.2) is 12.3 Å². The quantitative estimate of drug-likeness (QED) is 0.474. The molecular formula is C5H5N3. The van der Waals surface area contributed by atoms with Crippen LogP contribution in [0.15, 0.2) is 17.4 Å². The van der Waals surface area contributed by atoms with E-state index in [1.807, 2.05) is 6.07 Å². The van der Waals surface area contributed by atoms with Crippen LogP contribution in [0.4, 0.5) is 0 Å². The highest BCUT2D eigenvalue weighted by atomic mass is 14.9. The van der Waals surface area contributed by atoms with Gasteiger partial charge in [0.25, 0.3) is 0 Å². The third-order valence-electron chi connectivity index (χ3n) is 0.821. The van der Waals surface area contributed by atoms with Gasteiger partial charge in [-0.15, -0.1) is 0 Å². The molecule has 1 aliphatic rings. The van der Waals surface area contributed by atoms with Gasteiger partial charge in [-0.2, -0.15) is 5.26 Å². The molecule has 0 aromatic rings. The zero-order valence-electron chi connectivity index (χ0n) is 4.26. The van der Waals surface area contributed by atoms with Gasteiger partial charge in [-0.05, 0) is 0 Å². The molecule has 0 aromatic heterocycles. The lowest BCUT2D eigenvalue weighted by Gasteiger charge is -1.99. The van der Waals surface area contributed by atoms with Gasteiger partial charge in [0, 0.05) is 12.4 Å². The molecule has 3 nitrogen and oxygen atoms in total. The van der Waals surface area contributed by atoms with E-state index in [0.717, 1.165) is 0 Å². The lowest BCUT2D eigenvalue weighted by Crippen LogP contribution is -2.18. The molecule has 0 amide bonds. The molecule has 0 radical (unpaired) electrons. The van der Waals surface area contributed by atoms with E-state index in [9.17, 15) is 0 Å². The van der Waals surface area contributed by atoms with Crippen molar-refractivity contribution >= 4 is 5.71 Å². The first kappa shape index (κ1) is 4.85. The standard InChI is InChI=1S/C5H5N3/c6-3-5-4-7-1-2-8-5/h1-2,7H,4H2. The second-order valence-electron chi connectivity index (χ2n) is 1.38. The number of rotatable bonds is 0. The first-order chi connectivity index (χ1) is 3.93. The smallest absolute Gasteiger partial charge is 0.136 e. The summed E-state index contributed by atoms with van der Waals surface area (Å²) in [4.78, 5) is 3.76. The second-order valence-corrected chi connectivity index (χ2v) is 1.38. The summed E-state index contributed by atoms with van der Waals surface area (Å²) >= 11 is 0. The summed E-state index contributed by atoms with van der Waals surface area (Å²) in [6.07, 6.45) is 3.28. The Bertz CT molecular complexity index is 173. The summed E-state index contributed by atoms with van der Waals surface area (Å²) in [5.41, 5.74) is 0.535. The van der Waals surface area contributed by atoms with E-state index in [2.05, 4.69) is 10.3 Å². The van der Waals surface area contributed by atoms with E-state index in [1.54, 1.807) is 12.4 Å². The average molecular weight is 107 g/mol. The van der Waals surface area contributed by atoms with Gasteiger partial charge in [0.05, 0.1) is 6.54 Å². The molecule has 1 heterocycles. The van der Waals surface area contributed by atoms with Crippen LogP contribution in [0.25, 0.3) is 0 Å². The third kappa shape index (κ3) is 0.850. The van der Waals surface area contributed by atoms with Gasteiger partial charge in [0.15, 0.2) is 0 Å². The highest BCUT2D eigenvalue weighted by Crippen LogP contribution is 1.83. The predicted octanol–water partition coefficient (Wildman–Crippen LogP) is 0.0254. The van der Waals surface area contributed by atoms with Gasteiger partial charge < -0.3 is 5.32 Å². The minimum Gasteiger partial charge on any atom is -0.383 e. The van der Waals surface area contributed by atoms with Gasteiger partial charge in [-0.25, -0.2) is 4.99 Å². The van der Waals surface area contributed by atoms with Crippen LogP contribution in [0.2, 0.25) is 0 Å². The summed E-state index contributed by atoms with van der Waals surface area (Å²) in [6, 6.07) is 1.94. The molecule has 8 heavy (non-hydrogen) atoms. The van der Waals surface area contributed by atoms with E-state index < -0.39 is 0 Å². The fraction of sp³-hybridized carbons (Fsp3) is 0.200. The SMILES string of the molecule is N#CC1=NC=CNC1. The zero-order chi connectivity index (χ0) is 5.82. The van der Waals surface area contributed by atoms with E-state index >= 15 is 0 Å². The first-order valence-corrected chi connectivity index (χ1v) is 2.28. The minimum absolute atomic E-state index is 0.535. The highest BCUT2D eigenvalue weighted by molar-refractivity contribution is 6.00. The molecule has 0 unspecified atom stereocenters. The van der Waals surface area contributed by atoms with Gasteiger partial charge in [-0.3, -0.25) is 0 Å². The number of aliphatic imine (C=N–C) groups is 1. The summed E-state index contributed by atoms with van der Waals surface area (Å²) in [6.45, 7) is 0.562. The second kappa shape index (κ2) is 2.12. The Morgan fingerprint density at radius 1 is 1.88 bits per heavy atom. The van der Waals surface area contributed by atoms with Crippen molar-refractivity contribution in [2.24, 2.45) is 4.99 Å².